The summed E-state index contributed by atoms with van der Waals surface area (Å²) >= 11 is 1.69. The van der Waals surface area contributed by atoms with Crippen LogP contribution in [0.3, 0.4) is 0 Å². The van der Waals surface area contributed by atoms with Crippen molar-refractivity contribution in [1.29, 1.82) is 0 Å². The lowest BCUT2D eigenvalue weighted by molar-refractivity contribution is 0.0730. The molecular formula is C21H25N3O3S2. The van der Waals surface area contributed by atoms with E-state index in [0.29, 0.717) is 36.7 Å². The molecule has 6 nitrogen and oxygen atoms in total. The molecule has 1 aromatic heterocycles. The maximum absolute atomic E-state index is 13.0. The molecule has 0 radical (unpaired) electrons. The zero-order valence-corrected chi connectivity index (χ0v) is 18.2. The molecule has 1 aliphatic heterocycles. The fourth-order valence-corrected chi connectivity index (χ4v) is 6.07. The van der Waals surface area contributed by atoms with E-state index in [2.05, 4.69) is 30.5 Å². The summed E-state index contributed by atoms with van der Waals surface area (Å²) in [6, 6.07) is 15.6. The summed E-state index contributed by atoms with van der Waals surface area (Å²) in [5, 5.41) is 1.15. The van der Waals surface area contributed by atoms with Gasteiger partial charge in [-0.1, -0.05) is 42.1 Å². The van der Waals surface area contributed by atoms with E-state index in [1.165, 1.54) is 9.87 Å². The smallest absolute Gasteiger partial charge is 0.243 e. The average molecular weight is 432 g/mol. The molecule has 2 heterocycles. The fraction of sp³-hybridized carbons (Fsp3) is 0.381. The molecule has 3 aromatic rings. The van der Waals surface area contributed by atoms with Crippen LogP contribution in [0.4, 0.5) is 0 Å². The summed E-state index contributed by atoms with van der Waals surface area (Å²) in [7, 11) is -3.53. The second-order valence-electron chi connectivity index (χ2n) is 6.98. The summed E-state index contributed by atoms with van der Waals surface area (Å²) < 4.78 is 34.9. The van der Waals surface area contributed by atoms with E-state index in [1.807, 2.05) is 24.3 Å². The highest BCUT2D eigenvalue weighted by Gasteiger charge is 2.27. The molecule has 0 bridgehead atoms. The third-order valence-electron chi connectivity index (χ3n) is 5.16. The quantitative estimate of drug-likeness (QED) is 0.554. The molecule has 29 heavy (non-hydrogen) atoms. The average Bonchev–Trinajstić information content (AvgIpc) is 3.11. The first-order chi connectivity index (χ1) is 14.0. The zero-order valence-electron chi connectivity index (χ0n) is 16.6. The monoisotopic (exact) mass is 431 g/mol. The van der Waals surface area contributed by atoms with Crippen LogP contribution in [-0.4, -0.2) is 48.6 Å². The Morgan fingerprint density at radius 1 is 1.14 bits per heavy atom. The van der Waals surface area contributed by atoms with Crippen LogP contribution < -0.4 is 0 Å². The largest absolute Gasteiger partial charge is 0.379 e. The lowest BCUT2D eigenvalue weighted by Gasteiger charge is -2.26. The maximum Gasteiger partial charge on any atom is 0.243 e. The lowest BCUT2D eigenvalue weighted by Crippen LogP contribution is -2.40. The number of imidazole rings is 1. The van der Waals surface area contributed by atoms with Gasteiger partial charge in [-0.3, -0.25) is 0 Å². The molecule has 0 unspecified atom stereocenters. The molecule has 1 atom stereocenters. The summed E-state index contributed by atoms with van der Waals surface area (Å²) in [5.74, 6) is 0. The molecule has 2 aromatic carbocycles. The van der Waals surface area contributed by atoms with Gasteiger partial charge in [-0.15, -0.1) is 0 Å². The number of fused-ring (bicyclic) bond motifs is 1. The first-order valence-electron chi connectivity index (χ1n) is 9.80. The van der Waals surface area contributed by atoms with Crippen molar-refractivity contribution in [2.75, 3.05) is 26.3 Å². The van der Waals surface area contributed by atoms with E-state index in [4.69, 9.17) is 9.72 Å². The van der Waals surface area contributed by atoms with Gasteiger partial charge in [0.05, 0.1) is 29.1 Å². The number of hydrogen-bond acceptors (Lipinski definition) is 5. The van der Waals surface area contributed by atoms with Crippen LogP contribution in [0.1, 0.15) is 24.7 Å². The molecule has 0 saturated carbocycles. The molecule has 0 amide bonds. The highest BCUT2D eigenvalue weighted by Crippen LogP contribution is 2.36. The van der Waals surface area contributed by atoms with E-state index in [0.717, 1.165) is 17.2 Å². The first-order valence-corrected chi connectivity index (χ1v) is 12.1. The van der Waals surface area contributed by atoms with Gasteiger partial charge in [0.1, 0.15) is 0 Å². The molecule has 1 fully saturated rings. The van der Waals surface area contributed by atoms with Crippen molar-refractivity contribution in [2.45, 2.75) is 35.7 Å². The van der Waals surface area contributed by atoms with E-state index < -0.39 is 10.0 Å². The second-order valence-corrected chi connectivity index (χ2v) is 10.2. The highest BCUT2D eigenvalue weighted by atomic mass is 32.2. The van der Waals surface area contributed by atoms with Crippen molar-refractivity contribution in [2.24, 2.45) is 0 Å². The Hall–Kier alpha value is -1.87. The van der Waals surface area contributed by atoms with E-state index >= 15 is 0 Å². The Labute approximate surface area is 175 Å². The highest BCUT2D eigenvalue weighted by molar-refractivity contribution is 7.99. The number of morpholine rings is 1. The molecule has 0 spiro atoms. The standard InChI is InChI=1S/C21H25N3O3S2/c1-3-24-20-10-9-18(29(25,26)23-11-13-27-14-12-23)15-19(20)22-21(24)28-16(2)17-7-5-4-6-8-17/h4-10,15-16H,3,11-14H2,1-2H3/t16-/m1/s1. The molecular weight excluding hydrogens is 406 g/mol. The maximum atomic E-state index is 13.0. The number of ether oxygens (including phenoxy) is 1. The third kappa shape index (κ3) is 4.07. The van der Waals surface area contributed by atoms with E-state index in [1.54, 1.807) is 23.9 Å². The second kappa shape index (κ2) is 8.47. The van der Waals surface area contributed by atoms with Gasteiger partial charge in [0.2, 0.25) is 10.0 Å². The fourth-order valence-electron chi connectivity index (χ4n) is 3.53. The number of sulfonamides is 1. The molecule has 4 rings (SSSR count). The number of nitrogens with zero attached hydrogens (tertiary/aromatic N) is 3. The van der Waals surface area contributed by atoms with Gasteiger partial charge >= 0.3 is 0 Å². The number of aryl methyl sites for hydroxylation is 1. The van der Waals surface area contributed by atoms with Crippen molar-refractivity contribution in [1.82, 2.24) is 13.9 Å². The van der Waals surface area contributed by atoms with Gasteiger partial charge in [0.25, 0.3) is 0 Å². The Bertz CT molecular complexity index is 1090. The lowest BCUT2D eigenvalue weighted by atomic mass is 10.2. The number of benzene rings is 2. The van der Waals surface area contributed by atoms with Crippen LogP contribution in [0.5, 0.6) is 0 Å². The Morgan fingerprint density at radius 2 is 1.86 bits per heavy atom. The summed E-state index contributed by atoms with van der Waals surface area (Å²) in [5.41, 5.74) is 2.91. The van der Waals surface area contributed by atoms with Crippen LogP contribution in [0, 0.1) is 0 Å². The normalized spacial score (nSPS) is 16.9. The zero-order chi connectivity index (χ0) is 20.4. The predicted octanol–water partition coefficient (Wildman–Crippen LogP) is 3.93. The van der Waals surface area contributed by atoms with Gasteiger partial charge in [-0.25, -0.2) is 13.4 Å². The van der Waals surface area contributed by atoms with Crippen LogP contribution in [0.25, 0.3) is 11.0 Å². The summed E-state index contributed by atoms with van der Waals surface area (Å²) in [6.45, 7) is 6.66. The van der Waals surface area contributed by atoms with E-state index in [-0.39, 0.29) is 5.25 Å². The molecule has 0 N–H and O–H groups in total. The molecule has 1 aliphatic rings. The van der Waals surface area contributed by atoms with Gasteiger partial charge in [0, 0.05) is 24.9 Å². The van der Waals surface area contributed by atoms with Crippen molar-refractivity contribution in [3.63, 3.8) is 0 Å². The molecule has 0 aliphatic carbocycles. The van der Waals surface area contributed by atoms with Gasteiger partial charge in [0.15, 0.2) is 5.16 Å². The van der Waals surface area contributed by atoms with Gasteiger partial charge in [-0.05, 0) is 37.6 Å². The Balaban J connectivity index is 1.67. The van der Waals surface area contributed by atoms with Crippen molar-refractivity contribution in [3.05, 3.63) is 54.1 Å². The molecule has 8 heteroatoms. The van der Waals surface area contributed by atoms with Crippen molar-refractivity contribution < 1.29 is 13.2 Å². The van der Waals surface area contributed by atoms with Gasteiger partial charge < -0.3 is 9.30 Å². The first kappa shape index (κ1) is 20.4. The Morgan fingerprint density at radius 3 is 2.55 bits per heavy atom. The summed E-state index contributed by atoms with van der Waals surface area (Å²) in [6.07, 6.45) is 0. The molecule has 1 saturated heterocycles. The third-order valence-corrected chi connectivity index (χ3v) is 8.20. The van der Waals surface area contributed by atoms with Crippen LogP contribution >= 0.6 is 11.8 Å². The minimum atomic E-state index is -3.53. The number of thioether (sulfide) groups is 1. The minimum Gasteiger partial charge on any atom is -0.379 e. The predicted molar refractivity (Wildman–Crippen MR) is 116 cm³/mol. The number of hydrogen-bond donors (Lipinski definition) is 0. The summed E-state index contributed by atoms with van der Waals surface area (Å²) in [4.78, 5) is 5.08. The SMILES string of the molecule is CCn1c(S[C@H](C)c2ccccc2)nc2cc(S(=O)(=O)N3CCOCC3)ccc21. The van der Waals surface area contributed by atoms with Crippen LogP contribution in [0.15, 0.2) is 58.6 Å². The molecule has 154 valence electrons. The van der Waals surface area contributed by atoms with Crippen molar-refractivity contribution in [3.8, 4) is 0 Å². The minimum absolute atomic E-state index is 0.245. The number of aromatic nitrogens is 2. The topological polar surface area (TPSA) is 64.4 Å². The van der Waals surface area contributed by atoms with Crippen LogP contribution in [0.2, 0.25) is 0 Å². The van der Waals surface area contributed by atoms with Gasteiger partial charge in [-0.2, -0.15) is 4.31 Å². The number of rotatable bonds is 6. The Kier molecular flexibility index (Phi) is 5.96. The van der Waals surface area contributed by atoms with Crippen molar-refractivity contribution >= 4 is 32.8 Å². The van der Waals surface area contributed by atoms with Crippen LogP contribution in [-0.2, 0) is 21.3 Å². The van der Waals surface area contributed by atoms with E-state index in [9.17, 15) is 8.42 Å².